The topological polar surface area (TPSA) is 32.3 Å². The summed E-state index contributed by atoms with van der Waals surface area (Å²) >= 11 is 0. The Kier molecular flexibility index (Phi) is 1.86. The summed E-state index contributed by atoms with van der Waals surface area (Å²) in [7, 11) is 0. The fourth-order valence-electron chi connectivity index (χ4n) is 0.984. The molecule has 1 heterocycles. The van der Waals surface area contributed by atoms with Crippen LogP contribution in [0.15, 0.2) is 0 Å². The van der Waals surface area contributed by atoms with E-state index < -0.39 is 0 Å². The van der Waals surface area contributed by atoms with E-state index in [1.807, 2.05) is 0 Å². The van der Waals surface area contributed by atoms with Crippen LogP contribution in [-0.2, 0) is 0 Å². The van der Waals surface area contributed by atoms with E-state index in [0.29, 0.717) is 6.04 Å². The van der Waals surface area contributed by atoms with Crippen molar-refractivity contribution in [2.24, 2.45) is 0 Å². The summed E-state index contributed by atoms with van der Waals surface area (Å²) in [4.78, 5) is 0. The lowest BCUT2D eigenvalue weighted by Gasteiger charge is -2.23. The predicted molar refractivity (Wildman–Crippen MR) is 32.7 cm³/mol. The number of hydrogen-bond acceptors (Lipinski definition) is 2. The smallest absolute Gasteiger partial charge is 0.0665 e. The Morgan fingerprint density at radius 2 is 2.25 bits per heavy atom. The van der Waals surface area contributed by atoms with Gasteiger partial charge in [-0.1, -0.05) is 0 Å². The number of rotatable bonds is 0. The number of aliphatic hydroxyl groups excluding tert-OH is 1. The van der Waals surface area contributed by atoms with E-state index in [9.17, 15) is 0 Å². The Balaban J connectivity index is 2.19. The van der Waals surface area contributed by atoms with Crippen molar-refractivity contribution in [2.75, 3.05) is 6.54 Å². The average Bonchev–Trinajstić information content (AvgIpc) is 1.77. The molecule has 0 aromatic carbocycles. The van der Waals surface area contributed by atoms with Gasteiger partial charge in [-0.05, 0) is 19.8 Å². The molecule has 0 aromatic rings. The molecular weight excluding hydrogens is 102 g/mol. The van der Waals surface area contributed by atoms with Crippen LogP contribution in [0.2, 0.25) is 0 Å². The molecule has 0 amide bonds. The second-order valence-electron chi connectivity index (χ2n) is 2.54. The van der Waals surface area contributed by atoms with Crippen LogP contribution in [-0.4, -0.2) is 23.8 Å². The summed E-state index contributed by atoms with van der Waals surface area (Å²) in [5.74, 6) is 0. The second-order valence-corrected chi connectivity index (χ2v) is 2.54. The zero-order valence-electron chi connectivity index (χ0n) is 5.22. The molecule has 1 saturated heterocycles. The fourth-order valence-corrected chi connectivity index (χ4v) is 0.984. The molecule has 1 rings (SSSR count). The SMILES string of the molecule is CC1CC[C@H](O)CN1. The summed E-state index contributed by atoms with van der Waals surface area (Å²) in [6.45, 7) is 2.92. The molecule has 0 spiro atoms. The lowest BCUT2D eigenvalue weighted by atomic mass is 10.0. The van der Waals surface area contributed by atoms with Crippen molar-refractivity contribution in [3.63, 3.8) is 0 Å². The van der Waals surface area contributed by atoms with Gasteiger partial charge in [0.1, 0.15) is 0 Å². The van der Waals surface area contributed by atoms with Gasteiger partial charge in [0.05, 0.1) is 6.10 Å². The molecule has 1 unspecified atom stereocenters. The van der Waals surface area contributed by atoms with Crippen molar-refractivity contribution in [3.8, 4) is 0 Å². The van der Waals surface area contributed by atoms with E-state index in [2.05, 4.69) is 12.2 Å². The first kappa shape index (κ1) is 6.05. The lowest BCUT2D eigenvalue weighted by molar-refractivity contribution is 0.129. The van der Waals surface area contributed by atoms with Crippen molar-refractivity contribution in [1.82, 2.24) is 5.32 Å². The van der Waals surface area contributed by atoms with Crippen LogP contribution in [0.3, 0.4) is 0 Å². The molecule has 0 bridgehead atoms. The summed E-state index contributed by atoms with van der Waals surface area (Å²) in [6, 6.07) is 0.610. The van der Waals surface area contributed by atoms with Gasteiger partial charge in [0.25, 0.3) is 0 Å². The van der Waals surface area contributed by atoms with Gasteiger partial charge < -0.3 is 10.4 Å². The average molecular weight is 115 g/mol. The number of nitrogens with one attached hydrogen (secondary N) is 1. The third-order valence-corrected chi connectivity index (χ3v) is 1.63. The summed E-state index contributed by atoms with van der Waals surface area (Å²) < 4.78 is 0. The Labute approximate surface area is 49.9 Å². The highest BCUT2D eigenvalue weighted by Gasteiger charge is 2.13. The highest BCUT2D eigenvalue weighted by Crippen LogP contribution is 2.05. The molecule has 8 heavy (non-hydrogen) atoms. The fraction of sp³-hybridized carbons (Fsp3) is 1.00. The van der Waals surface area contributed by atoms with E-state index in [1.54, 1.807) is 0 Å². The molecule has 0 aliphatic carbocycles. The predicted octanol–water partition coefficient (Wildman–Crippen LogP) is 0.119. The molecule has 0 saturated carbocycles. The van der Waals surface area contributed by atoms with E-state index in [0.717, 1.165) is 19.4 Å². The molecule has 2 N–H and O–H groups in total. The largest absolute Gasteiger partial charge is 0.392 e. The van der Waals surface area contributed by atoms with Gasteiger partial charge in [0, 0.05) is 12.6 Å². The first-order valence-corrected chi connectivity index (χ1v) is 3.20. The monoisotopic (exact) mass is 115 g/mol. The van der Waals surface area contributed by atoms with Crippen LogP contribution in [0.4, 0.5) is 0 Å². The molecule has 0 radical (unpaired) electrons. The number of hydrogen-bond donors (Lipinski definition) is 2. The first-order valence-electron chi connectivity index (χ1n) is 3.20. The molecule has 1 aliphatic rings. The van der Waals surface area contributed by atoms with Crippen LogP contribution in [0.5, 0.6) is 0 Å². The minimum atomic E-state index is -0.0915. The van der Waals surface area contributed by atoms with Crippen molar-refractivity contribution < 1.29 is 5.11 Å². The van der Waals surface area contributed by atoms with Gasteiger partial charge >= 0.3 is 0 Å². The van der Waals surface area contributed by atoms with Crippen molar-refractivity contribution >= 4 is 0 Å². The Morgan fingerprint density at radius 1 is 1.50 bits per heavy atom. The zero-order valence-corrected chi connectivity index (χ0v) is 5.22. The van der Waals surface area contributed by atoms with Crippen LogP contribution in [0.25, 0.3) is 0 Å². The third kappa shape index (κ3) is 1.46. The maximum Gasteiger partial charge on any atom is 0.0665 e. The maximum atomic E-state index is 8.96. The van der Waals surface area contributed by atoms with Crippen LogP contribution in [0.1, 0.15) is 19.8 Å². The van der Waals surface area contributed by atoms with Gasteiger partial charge in [-0.3, -0.25) is 0 Å². The summed E-state index contributed by atoms with van der Waals surface area (Å²) in [5, 5.41) is 12.1. The van der Waals surface area contributed by atoms with Crippen molar-refractivity contribution in [1.29, 1.82) is 0 Å². The maximum absolute atomic E-state index is 8.96. The Hall–Kier alpha value is -0.0800. The van der Waals surface area contributed by atoms with Gasteiger partial charge in [-0.25, -0.2) is 0 Å². The number of piperidine rings is 1. The molecule has 2 atom stereocenters. The number of aliphatic hydroxyl groups is 1. The number of β-amino-alcohol motifs (C(OH)–C–C–N with tert-alkyl or cyclic N) is 1. The molecule has 48 valence electrons. The van der Waals surface area contributed by atoms with Crippen molar-refractivity contribution in [3.05, 3.63) is 0 Å². The lowest BCUT2D eigenvalue weighted by Crippen LogP contribution is -2.39. The Bertz CT molecular complexity index is 56.9. The van der Waals surface area contributed by atoms with Gasteiger partial charge in [0.2, 0.25) is 0 Å². The zero-order chi connectivity index (χ0) is 5.98. The highest BCUT2D eigenvalue weighted by molar-refractivity contribution is 4.72. The van der Waals surface area contributed by atoms with Crippen molar-refractivity contribution in [2.45, 2.75) is 31.9 Å². The Morgan fingerprint density at radius 3 is 2.62 bits per heavy atom. The molecule has 1 fully saturated rings. The summed E-state index contributed by atoms with van der Waals surface area (Å²) in [5.41, 5.74) is 0. The third-order valence-electron chi connectivity index (χ3n) is 1.63. The van der Waals surface area contributed by atoms with Gasteiger partial charge in [0.15, 0.2) is 0 Å². The standard InChI is InChI=1S/C6H13NO/c1-5-2-3-6(8)4-7-5/h5-8H,2-4H2,1H3/t5?,6-/m0/s1. The first-order chi connectivity index (χ1) is 3.79. The molecule has 2 nitrogen and oxygen atoms in total. The van der Waals surface area contributed by atoms with Crippen LogP contribution < -0.4 is 5.32 Å². The van der Waals surface area contributed by atoms with E-state index in [1.165, 1.54) is 0 Å². The quantitative estimate of drug-likeness (QED) is 0.470. The van der Waals surface area contributed by atoms with Crippen LogP contribution in [0, 0.1) is 0 Å². The van der Waals surface area contributed by atoms with E-state index >= 15 is 0 Å². The van der Waals surface area contributed by atoms with Crippen LogP contribution >= 0.6 is 0 Å². The highest BCUT2D eigenvalue weighted by atomic mass is 16.3. The minimum Gasteiger partial charge on any atom is -0.392 e. The normalized spacial score (nSPS) is 39.8. The summed E-state index contributed by atoms with van der Waals surface area (Å²) in [6.07, 6.45) is 1.99. The van der Waals surface area contributed by atoms with Gasteiger partial charge in [-0.15, -0.1) is 0 Å². The molecule has 0 aromatic heterocycles. The second kappa shape index (κ2) is 2.46. The van der Waals surface area contributed by atoms with Gasteiger partial charge in [-0.2, -0.15) is 0 Å². The minimum absolute atomic E-state index is 0.0915. The van der Waals surface area contributed by atoms with E-state index in [-0.39, 0.29) is 6.10 Å². The molecule has 1 aliphatic heterocycles. The molecule has 2 heteroatoms. The van der Waals surface area contributed by atoms with E-state index in [4.69, 9.17) is 5.11 Å². The molecular formula is C6H13NO.